The maximum absolute atomic E-state index is 12.9. The van der Waals surface area contributed by atoms with Gasteiger partial charge in [0.15, 0.2) is 0 Å². The van der Waals surface area contributed by atoms with Gasteiger partial charge in [0.05, 0.1) is 28.7 Å². The first-order valence-corrected chi connectivity index (χ1v) is 8.28. The lowest BCUT2D eigenvalue weighted by Crippen LogP contribution is -2.30. The monoisotopic (exact) mass is 360 g/mol. The number of halogens is 1. The van der Waals surface area contributed by atoms with E-state index >= 15 is 0 Å². The predicted molar refractivity (Wildman–Crippen MR) is 94.1 cm³/mol. The Balaban J connectivity index is 1.90. The maximum atomic E-state index is 12.9. The minimum absolute atomic E-state index is 0.0752. The van der Waals surface area contributed by atoms with Gasteiger partial charge in [-0.15, -0.1) is 0 Å². The van der Waals surface area contributed by atoms with Gasteiger partial charge in [-0.05, 0) is 36.6 Å². The van der Waals surface area contributed by atoms with Crippen LogP contribution in [0.3, 0.4) is 0 Å². The number of nitro groups is 1. The van der Waals surface area contributed by atoms with Crippen molar-refractivity contribution in [2.24, 2.45) is 0 Å². The number of rotatable bonds is 4. The van der Waals surface area contributed by atoms with Gasteiger partial charge >= 0.3 is 0 Å². The molecule has 130 valence electrons. The van der Waals surface area contributed by atoms with Crippen molar-refractivity contribution in [2.75, 3.05) is 13.7 Å². The molecule has 1 unspecified atom stereocenters. The summed E-state index contributed by atoms with van der Waals surface area (Å²) in [6, 6.07) is 11.4. The third kappa shape index (κ3) is 3.44. The summed E-state index contributed by atoms with van der Waals surface area (Å²) in [6.07, 6.45) is 1.71. The van der Waals surface area contributed by atoms with Gasteiger partial charge in [0.1, 0.15) is 5.75 Å². The zero-order valence-corrected chi connectivity index (χ0v) is 14.4. The van der Waals surface area contributed by atoms with Gasteiger partial charge in [0.2, 0.25) is 0 Å². The second-order valence-corrected chi connectivity index (χ2v) is 6.26. The molecule has 1 heterocycles. The minimum atomic E-state index is -0.530. The number of hydrogen-bond acceptors (Lipinski definition) is 4. The quantitative estimate of drug-likeness (QED) is 0.604. The molecule has 1 amide bonds. The van der Waals surface area contributed by atoms with Crippen molar-refractivity contribution in [3.05, 3.63) is 68.7 Å². The van der Waals surface area contributed by atoms with E-state index in [4.69, 9.17) is 16.3 Å². The lowest BCUT2D eigenvalue weighted by Gasteiger charge is -2.25. The summed E-state index contributed by atoms with van der Waals surface area (Å²) < 4.78 is 5.16. The van der Waals surface area contributed by atoms with E-state index in [2.05, 4.69) is 0 Å². The molecule has 25 heavy (non-hydrogen) atoms. The topological polar surface area (TPSA) is 72.7 Å². The normalized spacial score (nSPS) is 16.7. The number of likely N-dealkylation sites (tertiary alicyclic amines) is 1. The van der Waals surface area contributed by atoms with Gasteiger partial charge in [-0.1, -0.05) is 23.7 Å². The highest BCUT2D eigenvalue weighted by Crippen LogP contribution is 2.35. The van der Waals surface area contributed by atoms with Gasteiger partial charge in [-0.25, -0.2) is 0 Å². The summed E-state index contributed by atoms with van der Waals surface area (Å²) >= 11 is 6.12. The van der Waals surface area contributed by atoms with Crippen molar-refractivity contribution in [1.82, 2.24) is 4.90 Å². The van der Waals surface area contributed by atoms with Crippen molar-refractivity contribution in [1.29, 1.82) is 0 Å². The highest BCUT2D eigenvalue weighted by molar-refractivity contribution is 6.34. The molecule has 0 aliphatic carbocycles. The standard InChI is InChI=1S/C18H17ClN2O4/c1-25-14-7-4-12(5-8-14)17-3-2-10-20(17)18(22)15-11-13(21(23)24)6-9-16(15)19/h4-9,11,17H,2-3,10H2,1H3. The Morgan fingerprint density at radius 2 is 2.00 bits per heavy atom. The minimum Gasteiger partial charge on any atom is -0.497 e. The van der Waals surface area contributed by atoms with E-state index in [1.807, 2.05) is 24.3 Å². The number of benzene rings is 2. The van der Waals surface area contributed by atoms with E-state index in [0.29, 0.717) is 6.54 Å². The number of ether oxygens (including phenoxy) is 1. The van der Waals surface area contributed by atoms with Gasteiger partial charge < -0.3 is 9.64 Å². The predicted octanol–water partition coefficient (Wildman–Crippen LogP) is 4.23. The van der Waals surface area contributed by atoms with Crippen LogP contribution in [0.2, 0.25) is 5.02 Å². The molecule has 1 fully saturated rings. The van der Waals surface area contributed by atoms with Crippen LogP contribution >= 0.6 is 11.6 Å². The molecule has 2 aromatic carbocycles. The first-order chi connectivity index (χ1) is 12.0. The molecule has 2 aromatic rings. The third-order valence-electron chi connectivity index (χ3n) is 4.41. The van der Waals surface area contributed by atoms with E-state index < -0.39 is 4.92 Å². The Bertz CT molecular complexity index is 807. The van der Waals surface area contributed by atoms with Crippen molar-refractivity contribution in [3.8, 4) is 5.75 Å². The summed E-state index contributed by atoms with van der Waals surface area (Å²) in [5, 5.41) is 11.2. The van der Waals surface area contributed by atoms with E-state index in [1.54, 1.807) is 12.0 Å². The average Bonchev–Trinajstić information content (AvgIpc) is 3.11. The third-order valence-corrected chi connectivity index (χ3v) is 4.73. The molecule has 7 heteroatoms. The number of nitro benzene ring substituents is 1. The number of non-ortho nitro benzene ring substituents is 1. The molecule has 0 spiro atoms. The molecule has 0 bridgehead atoms. The van der Waals surface area contributed by atoms with Crippen LogP contribution in [-0.2, 0) is 0 Å². The summed E-state index contributed by atoms with van der Waals surface area (Å²) in [5.41, 5.74) is 1.03. The van der Waals surface area contributed by atoms with Crippen molar-refractivity contribution >= 4 is 23.2 Å². The number of hydrogen-bond donors (Lipinski definition) is 0. The number of carbonyl (C=O) groups excluding carboxylic acids is 1. The summed E-state index contributed by atoms with van der Waals surface area (Å²) in [5.74, 6) is 0.466. The second kappa shape index (κ2) is 7.11. The number of amides is 1. The fourth-order valence-corrected chi connectivity index (χ4v) is 3.33. The Morgan fingerprint density at radius 1 is 1.28 bits per heavy atom. The summed E-state index contributed by atoms with van der Waals surface area (Å²) in [4.78, 5) is 25.1. The smallest absolute Gasteiger partial charge is 0.270 e. The first kappa shape index (κ1) is 17.2. The number of nitrogens with zero attached hydrogens (tertiary/aromatic N) is 2. The largest absolute Gasteiger partial charge is 0.497 e. The van der Waals surface area contributed by atoms with E-state index in [9.17, 15) is 14.9 Å². The Labute approximate surface area is 150 Å². The fourth-order valence-electron chi connectivity index (χ4n) is 3.13. The lowest BCUT2D eigenvalue weighted by atomic mass is 10.0. The highest BCUT2D eigenvalue weighted by Gasteiger charge is 2.32. The second-order valence-electron chi connectivity index (χ2n) is 5.85. The average molecular weight is 361 g/mol. The van der Waals surface area contributed by atoms with Crippen molar-refractivity contribution < 1.29 is 14.5 Å². The van der Waals surface area contributed by atoms with Crippen LogP contribution in [0.4, 0.5) is 5.69 Å². The zero-order valence-electron chi connectivity index (χ0n) is 13.6. The summed E-state index contributed by atoms with van der Waals surface area (Å²) in [6.45, 7) is 0.592. The molecule has 1 aliphatic heterocycles. The van der Waals surface area contributed by atoms with Gasteiger partial charge in [-0.2, -0.15) is 0 Å². The Kier molecular flexibility index (Phi) is 4.90. The fraction of sp³-hybridized carbons (Fsp3) is 0.278. The van der Waals surface area contributed by atoms with Crippen LogP contribution in [0.5, 0.6) is 5.75 Å². The zero-order chi connectivity index (χ0) is 18.0. The van der Waals surface area contributed by atoms with Crippen molar-refractivity contribution in [2.45, 2.75) is 18.9 Å². The summed E-state index contributed by atoms with van der Waals surface area (Å²) in [7, 11) is 1.60. The van der Waals surface area contributed by atoms with E-state index in [0.717, 1.165) is 24.2 Å². The number of methoxy groups -OCH3 is 1. The molecule has 6 nitrogen and oxygen atoms in total. The molecule has 0 aromatic heterocycles. The highest BCUT2D eigenvalue weighted by atomic mass is 35.5. The van der Waals surface area contributed by atoms with Gasteiger partial charge in [-0.3, -0.25) is 14.9 Å². The molecule has 0 N–H and O–H groups in total. The van der Waals surface area contributed by atoms with Gasteiger partial charge in [0.25, 0.3) is 11.6 Å². The Hall–Kier alpha value is -2.60. The van der Waals surface area contributed by atoms with Crippen LogP contribution in [0, 0.1) is 10.1 Å². The van der Waals surface area contributed by atoms with Crippen molar-refractivity contribution in [3.63, 3.8) is 0 Å². The van der Waals surface area contributed by atoms with E-state index in [1.165, 1.54) is 18.2 Å². The SMILES string of the molecule is COc1ccc(C2CCCN2C(=O)c2cc([N+](=O)[O-])ccc2Cl)cc1. The molecule has 1 saturated heterocycles. The van der Waals surface area contributed by atoms with Gasteiger partial charge in [0, 0.05) is 18.7 Å². The molecule has 3 rings (SSSR count). The van der Waals surface area contributed by atoms with Crippen LogP contribution in [0.25, 0.3) is 0 Å². The molecular weight excluding hydrogens is 344 g/mol. The first-order valence-electron chi connectivity index (χ1n) is 7.90. The van der Waals surface area contributed by atoms with E-state index in [-0.39, 0.29) is 28.2 Å². The molecular formula is C18H17ClN2O4. The lowest BCUT2D eigenvalue weighted by molar-refractivity contribution is -0.384. The molecule has 1 aliphatic rings. The molecule has 1 atom stereocenters. The van der Waals surface area contributed by atoms with Crippen LogP contribution < -0.4 is 4.74 Å². The maximum Gasteiger partial charge on any atom is 0.270 e. The van der Waals surface area contributed by atoms with Crippen LogP contribution in [0.1, 0.15) is 34.8 Å². The Morgan fingerprint density at radius 3 is 2.64 bits per heavy atom. The van der Waals surface area contributed by atoms with Crippen LogP contribution in [0.15, 0.2) is 42.5 Å². The molecule has 0 radical (unpaired) electrons. The molecule has 0 saturated carbocycles. The van der Waals surface area contributed by atoms with Crippen LogP contribution in [-0.4, -0.2) is 29.4 Å². The number of carbonyl (C=O) groups is 1.